The Morgan fingerprint density at radius 2 is 2.12 bits per heavy atom. The third-order valence-electron chi connectivity index (χ3n) is 0.796. The van der Waals surface area contributed by atoms with Crippen LogP contribution >= 0.6 is 0 Å². The van der Waals surface area contributed by atoms with E-state index in [2.05, 4.69) is 9.78 Å². The summed E-state index contributed by atoms with van der Waals surface area (Å²) in [6.45, 7) is 1.85. The lowest BCUT2D eigenvalue weighted by atomic mass is 10.3. The minimum Gasteiger partial charge on any atom is -0.252 e. The maximum absolute atomic E-state index is 7.92. The normalized spacial score (nSPS) is 13.9. The van der Waals surface area contributed by atoms with Crippen LogP contribution < -0.4 is 0 Å². The fourth-order valence-corrected chi connectivity index (χ4v) is 0.271. The van der Waals surface area contributed by atoms with Crippen LogP contribution in [0, 0.1) is 0 Å². The van der Waals surface area contributed by atoms with Crippen molar-refractivity contribution in [1.82, 2.24) is 0 Å². The van der Waals surface area contributed by atoms with Crippen molar-refractivity contribution in [3.8, 4) is 0 Å². The second kappa shape index (κ2) is 4.99. The van der Waals surface area contributed by atoms with Crippen LogP contribution in [-0.2, 0) is 9.78 Å². The van der Waals surface area contributed by atoms with E-state index in [0.29, 0.717) is 6.42 Å². The standard InChI is InChI=1S/C4H10O4/c1-4(8-6)2-3-7-5/h4-6H,2-3H2,1H3. The minimum absolute atomic E-state index is 0.182. The Bertz CT molecular complexity index is 47.3. The van der Waals surface area contributed by atoms with E-state index in [1.165, 1.54) is 0 Å². The molecule has 50 valence electrons. The molecule has 1 unspecified atom stereocenters. The van der Waals surface area contributed by atoms with Crippen molar-refractivity contribution in [2.75, 3.05) is 6.61 Å². The van der Waals surface area contributed by atoms with E-state index in [4.69, 9.17) is 10.5 Å². The Hall–Kier alpha value is -0.160. The highest BCUT2D eigenvalue weighted by Crippen LogP contribution is 1.92. The van der Waals surface area contributed by atoms with E-state index in [9.17, 15) is 0 Å². The molecule has 4 nitrogen and oxygen atoms in total. The van der Waals surface area contributed by atoms with Gasteiger partial charge in [0.15, 0.2) is 0 Å². The first-order valence-corrected chi connectivity index (χ1v) is 2.38. The molecule has 0 bridgehead atoms. The van der Waals surface area contributed by atoms with E-state index in [1.54, 1.807) is 6.92 Å². The molecule has 2 N–H and O–H groups in total. The third-order valence-corrected chi connectivity index (χ3v) is 0.796. The summed E-state index contributed by atoms with van der Waals surface area (Å²) >= 11 is 0. The van der Waals surface area contributed by atoms with E-state index >= 15 is 0 Å². The van der Waals surface area contributed by atoms with E-state index < -0.39 is 0 Å². The maximum atomic E-state index is 7.92. The van der Waals surface area contributed by atoms with Crippen molar-refractivity contribution < 1.29 is 20.3 Å². The molecule has 0 aromatic carbocycles. The molecule has 0 saturated carbocycles. The molecule has 0 saturated heterocycles. The second-order valence-electron chi connectivity index (χ2n) is 1.54. The van der Waals surface area contributed by atoms with Gasteiger partial charge >= 0.3 is 0 Å². The summed E-state index contributed by atoms with van der Waals surface area (Å²) in [5.74, 6) is 0. The Kier molecular flexibility index (Phi) is 4.89. The second-order valence-corrected chi connectivity index (χ2v) is 1.54. The van der Waals surface area contributed by atoms with Gasteiger partial charge in [0.1, 0.15) is 0 Å². The van der Waals surface area contributed by atoms with Crippen LogP contribution in [0.5, 0.6) is 0 Å². The molecule has 0 fully saturated rings. The van der Waals surface area contributed by atoms with Gasteiger partial charge in [0.2, 0.25) is 0 Å². The van der Waals surface area contributed by atoms with Gasteiger partial charge in [-0.3, -0.25) is 10.5 Å². The van der Waals surface area contributed by atoms with Crippen molar-refractivity contribution in [3.05, 3.63) is 0 Å². The third kappa shape index (κ3) is 4.01. The molecular weight excluding hydrogens is 112 g/mol. The summed E-state index contributed by atoms with van der Waals surface area (Å²) in [6, 6.07) is 0. The van der Waals surface area contributed by atoms with Gasteiger partial charge in [-0.15, -0.1) is 0 Å². The van der Waals surface area contributed by atoms with Crippen LogP contribution in [0.2, 0.25) is 0 Å². The highest BCUT2D eigenvalue weighted by atomic mass is 17.1. The van der Waals surface area contributed by atoms with Crippen molar-refractivity contribution in [1.29, 1.82) is 0 Å². The first-order chi connectivity index (χ1) is 3.81. The molecule has 0 spiro atoms. The maximum Gasteiger partial charge on any atom is 0.0922 e. The lowest BCUT2D eigenvalue weighted by molar-refractivity contribution is -0.290. The average Bonchev–Trinajstić information content (AvgIpc) is 1.83. The predicted molar refractivity (Wildman–Crippen MR) is 26.4 cm³/mol. The van der Waals surface area contributed by atoms with E-state index in [-0.39, 0.29) is 12.7 Å². The quantitative estimate of drug-likeness (QED) is 0.426. The van der Waals surface area contributed by atoms with Gasteiger partial charge in [-0.25, -0.2) is 9.78 Å². The molecule has 0 amide bonds. The number of rotatable bonds is 4. The fraction of sp³-hybridized carbons (Fsp3) is 1.00. The Labute approximate surface area is 47.5 Å². The molecule has 0 aromatic heterocycles. The molecule has 8 heavy (non-hydrogen) atoms. The summed E-state index contributed by atoms with van der Waals surface area (Å²) in [5.41, 5.74) is 0. The predicted octanol–water partition coefficient (Wildman–Crippen LogP) is 0.744. The highest BCUT2D eigenvalue weighted by molar-refractivity contribution is 4.43. The highest BCUT2D eigenvalue weighted by Gasteiger charge is 1.98. The Morgan fingerprint density at radius 1 is 1.50 bits per heavy atom. The summed E-state index contributed by atoms with van der Waals surface area (Å²) in [7, 11) is 0. The van der Waals surface area contributed by atoms with Crippen molar-refractivity contribution in [2.45, 2.75) is 19.4 Å². The Morgan fingerprint density at radius 3 is 2.50 bits per heavy atom. The van der Waals surface area contributed by atoms with E-state index in [1.807, 2.05) is 0 Å². The zero-order valence-electron chi connectivity index (χ0n) is 4.70. The Balaban J connectivity index is 2.86. The van der Waals surface area contributed by atoms with Crippen LogP contribution in [0.3, 0.4) is 0 Å². The van der Waals surface area contributed by atoms with Crippen molar-refractivity contribution in [2.24, 2.45) is 0 Å². The van der Waals surface area contributed by atoms with Crippen molar-refractivity contribution in [3.63, 3.8) is 0 Å². The molecule has 0 aromatic rings. The molecule has 4 heteroatoms. The van der Waals surface area contributed by atoms with Gasteiger partial charge in [0.25, 0.3) is 0 Å². The molecule has 0 radical (unpaired) electrons. The number of hydrogen-bond donors (Lipinski definition) is 2. The van der Waals surface area contributed by atoms with Crippen LogP contribution in [0.1, 0.15) is 13.3 Å². The summed E-state index contributed by atoms with van der Waals surface area (Å²) in [5, 5.41) is 15.7. The van der Waals surface area contributed by atoms with Gasteiger partial charge < -0.3 is 0 Å². The lowest BCUT2D eigenvalue weighted by Gasteiger charge is -2.02. The van der Waals surface area contributed by atoms with Gasteiger partial charge in [0.05, 0.1) is 12.7 Å². The molecule has 0 aliphatic rings. The topological polar surface area (TPSA) is 58.9 Å². The van der Waals surface area contributed by atoms with Crippen LogP contribution in [-0.4, -0.2) is 23.2 Å². The average molecular weight is 122 g/mol. The van der Waals surface area contributed by atoms with Gasteiger partial charge in [-0.2, -0.15) is 0 Å². The lowest BCUT2D eigenvalue weighted by Crippen LogP contribution is -2.07. The summed E-state index contributed by atoms with van der Waals surface area (Å²) < 4.78 is 0. The molecule has 0 rings (SSSR count). The van der Waals surface area contributed by atoms with Gasteiger partial charge in [0, 0.05) is 6.42 Å². The first kappa shape index (κ1) is 7.84. The fourth-order valence-electron chi connectivity index (χ4n) is 0.271. The zero-order valence-corrected chi connectivity index (χ0v) is 4.70. The molecular formula is C4H10O4. The largest absolute Gasteiger partial charge is 0.252 e. The van der Waals surface area contributed by atoms with Crippen molar-refractivity contribution >= 4 is 0 Å². The number of hydrogen-bond acceptors (Lipinski definition) is 4. The zero-order chi connectivity index (χ0) is 6.41. The van der Waals surface area contributed by atoms with Gasteiger partial charge in [-0.05, 0) is 6.92 Å². The first-order valence-electron chi connectivity index (χ1n) is 2.38. The summed E-state index contributed by atoms with van der Waals surface area (Å²) in [4.78, 5) is 7.58. The SMILES string of the molecule is CC(CCOO)OO. The summed E-state index contributed by atoms with van der Waals surface area (Å²) in [6.07, 6.45) is 0.203. The van der Waals surface area contributed by atoms with Gasteiger partial charge in [-0.1, -0.05) is 0 Å². The van der Waals surface area contributed by atoms with E-state index in [0.717, 1.165) is 0 Å². The van der Waals surface area contributed by atoms with Crippen LogP contribution in [0.25, 0.3) is 0 Å². The monoisotopic (exact) mass is 122 g/mol. The van der Waals surface area contributed by atoms with Crippen LogP contribution in [0.15, 0.2) is 0 Å². The smallest absolute Gasteiger partial charge is 0.0922 e. The molecule has 0 aliphatic carbocycles. The molecule has 0 aliphatic heterocycles. The molecule has 1 atom stereocenters. The minimum atomic E-state index is -0.276. The molecule has 0 heterocycles. The van der Waals surface area contributed by atoms with Crippen LogP contribution in [0.4, 0.5) is 0 Å².